The van der Waals surface area contributed by atoms with Crippen molar-refractivity contribution in [3.05, 3.63) is 83.8 Å². The highest BCUT2D eigenvalue weighted by molar-refractivity contribution is 6.51. The molecule has 2 aromatic carbocycles. The lowest BCUT2D eigenvalue weighted by Crippen LogP contribution is -2.33. The number of ketones is 1. The zero-order valence-electron chi connectivity index (χ0n) is 22.1. The Balaban J connectivity index is 1.51. The van der Waals surface area contributed by atoms with E-state index in [0.717, 1.165) is 37.5 Å². The van der Waals surface area contributed by atoms with Gasteiger partial charge in [0.05, 0.1) is 18.4 Å². The molecule has 7 heteroatoms. The Morgan fingerprint density at radius 3 is 2.39 bits per heavy atom. The molecule has 0 spiro atoms. The van der Waals surface area contributed by atoms with Crippen LogP contribution in [-0.2, 0) is 9.59 Å². The zero-order valence-corrected chi connectivity index (χ0v) is 22.1. The van der Waals surface area contributed by atoms with Gasteiger partial charge < -0.3 is 19.2 Å². The number of hydrogen-bond donors (Lipinski definition) is 1. The summed E-state index contributed by atoms with van der Waals surface area (Å²) in [6.07, 6.45) is 3.80. The van der Waals surface area contributed by atoms with Gasteiger partial charge in [-0.2, -0.15) is 0 Å². The number of benzene rings is 2. The molecular formula is C31H34N2O5. The average Bonchev–Trinajstić information content (AvgIpc) is 3.54. The fourth-order valence-corrected chi connectivity index (χ4v) is 5.06. The van der Waals surface area contributed by atoms with Crippen LogP contribution in [0, 0.1) is 11.8 Å². The Kier molecular flexibility index (Phi) is 7.27. The second-order valence-electron chi connectivity index (χ2n) is 10.6. The van der Waals surface area contributed by atoms with Crippen molar-refractivity contribution in [1.29, 1.82) is 0 Å². The minimum absolute atomic E-state index is 0.0138. The molecule has 5 rings (SSSR count). The first-order valence-electron chi connectivity index (χ1n) is 13.3. The van der Waals surface area contributed by atoms with E-state index in [4.69, 9.17) is 9.15 Å². The van der Waals surface area contributed by atoms with E-state index in [1.165, 1.54) is 11.2 Å². The van der Waals surface area contributed by atoms with Crippen LogP contribution < -0.4 is 14.5 Å². The molecule has 1 unspecified atom stereocenters. The molecule has 2 aliphatic heterocycles. The number of furan rings is 1. The van der Waals surface area contributed by atoms with E-state index in [1.54, 1.807) is 36.4 Å². The summed E-state index contributed by atoms with van der Waals surface area (Å²) < 4.78 is 11.5. The molecule has 2 saturated heterocycles. The normalized spacial score (nSPS) is 19.9. The maximum absolute atomic E-state index is 13.4. The van der Waals surface area contributed by atoms with E-state index < -0.39 is 17.7 Å². The summed E-state index contributed by atoms with van der Waals surface area (Å²) in [4.78, 5) is 30.5. The van der Waals surface area contributed by atoms with Crippen LogP contribution in [0.25, 0.3) is 5.76 Å². The van der Waals surface area contributed by atoms with E-state index in [-0.39, 0.29) is 11.3 Å². The maximum Gasteiger partial charge on any atom is 0.300 e. The lowest BCUT2D eigenvalue weighted by Gasteiger charge is -2.32. The first-order chi connectivity index (χ1) is 18.3. The summed E-state index contributed by atoms with van der Waals surface area (Å²) in [6, 6.07) is 17.1. The molecule has 3 aromatic rings. The monoisotopic (exact) mass is 514 g/mol. The highest BCUT2D eigenvalue weighted by Gasteiger charge is 2.48. The highest BCUT2D eigenvalue weighted by Crippen LogP contribution is 2.43. The third kappa shape index (κ3) is 5.05. The van der Waals surface area contributed by atoms with Crippen LogP contribution in [0.15, 0.2) is 76.9 Å². The van der Waals surface area contributed by atoms with Crippen LogP contribution in [0.5, 0.6) is 5.75 Å². The second kappa shape index (κ2) is 10.8. The standard InChI is InChI=1S/C31H34N2O5/c1-20(2)19-38-25-7-4-6-22(18-25)29(34)27-28(26-8-5-17-37-26)33(31(36)30(27)35)24-11-9-23(10-12-24)32-15-13-21(3)14-16-32/h4-12,17-18,20-21,28,34H,13-16,19H2,1-3H3/b29-27-. The van der Waals surface area contributed by atoms with Crippen molar-refractivity contribution in [2.45, 2.75) is 39.7 Å². The van der Waals surface area contributed by atoms with E-state index in [9.17, 15) is 14.7 Å². The molecule has 38 heavy (non-hydrogen) atoms. The molecule has 3 heterocycles. The van der Waals surface area contributed by atoms with Crippen molar-refractivity contribution in [3.63, 3.8) is 0 Å². The predicted octanol–water partition coefficient (Wildman–Crippen LogP) is 6.18. The molecule has 2 fully saturated rings. The maximum atomic E-state index is 13.4. The Morgan fingerprint density at radius 1 is 1.03 bits per heavy atom. The van der Waals surface area contributed by atoms with E-state index in [2.05, 4.69) is 11.8 Å². The van der Waals surface area contributed by atoms with Gasteiger partial charge in [-0.3, -0.25) is 14.5 Å². The van der Waals surface area contributed by atoms with Gasteiger partial charge in [0.2, 0.25) is 0 Å². The quantitative estimate of drug-likeness (QED) is 0.230. The number of aliphatic hydroxyl groups is 1. The number of hydrogen-bond acceptors (Lipinski definition) is 6. The molecule has 0 bridgehead atoms. The van der Waals surface area contributed by atoms with Gasteiger partial charge in [-0.1, -0.05) is 32.9 Å². The van der Waals surface area contributed by atoms with Crippen molar-refractivity contribution in [3.8, 4) is 5.75 Å². The summed E-state index contributed by atoms with van der Waals surface area (Å²) >= 11 is 0. The number of carbonyl (C=O) groups excluding carboxylic acids is 2. The SMILES string of the molecule is CC(C)COc1cccc(/C(O)=C2/C(=O)C(=O)N(c3ccc(N4CCC(C)CC4)cc3)C2c2ccco2)c1. The Morgan fingerprint density at radius 2 is 1.74 bits per heavy atom. The van der Waals surface area contributed by atoms with Crippen LogP contribution in [0.1, 0.15) is 51.0 Å². The van der Waals surface area contributed by atoms with Gasteiger partial charge in [-0.25, -0.2) is 0 Å². The Labute approximate surface area is 223 Å². The topological polar surface area (TPSA) is 83.2 Å². The third-order valence-electron chi connectivity index (χ3n) is 7.22. The molecule has 1 atom stereocenters. The molecule has 0 aliphatic carbocycles. The first kappa shape index (κ1) is 25.6. The van der Waals surface area contributed by atoms with Gasteiger partial charge in [0.15, 0.2) is 0 Å². The molecule has 7 nitrogen and oxygen atoms in total. The van der Waals surface area contributed by atoms with Crippen LogP contribution in [0.2, 0.25) is 0 Å². The lowest BCUT2D eigenvalue weighted by molar-refractivity contribution is -0.132. The van der Waals surface area contributed by atoms with Crippen LogP contribution >= 0.6 is 0 Å². The number of aliphatic hydroxyl groups excluding tert-OH is 1. The van der Waals surface area contributed by atoms with Crippen molar-refractivity contribution in [2.24, 2.45) is 11.8 Å². The minimum Gasteiger partial charge on any atom is -0.507 e. The summed E-state index contributed by atoms with van der Waals surface area (Å²) in [5.74, 6) is 0.309. The number of carbonyl (C=O) groups is 2. The summed E-state index contributed by atoms with van der Waals surface area (Å²) in [7, 11) is 0. The molecule has 0 radical (unpaired) electrons. The highest BCUT2D eigenvalue weighted by atomic mass is 16.5. The fraction of sp³-hybridized carbons (Fsp3) is 0.355. The summed E-state index contributed by atoms with van der Waals surface area (Å²) in [6.45, 7) is 8.89. The van der Waals surface area contributed by atoms with Crippen LogP contribution in [0.4, 0.5) is 11.4 Å². The van der Waals surface area contributed by atoms with Crippen molar-refractivity contribution < 1.29 is 23.8 Å². The number of ether oxygens (including phenoxy) is 1. The van der Waals surface area contributed by atoms with Gasteiger partial charge in [0, 0.05) is 30.0 Å². The molecule has 1 amide bonds. The van der Waals surface area contributed by atoms with E-state index >= 15 is 0 Å². The zero-order chi connectivity index (χ0) is 26.8. The number of Topliss-reactive ketones (excluding diaryl/α,β-unsaturated/α-hetero) is 1. The largest absolute Gasteiger partial charge is 0.507 e. The number of rotatable bonds is 7. The lowest BCUT2D eigenvalue weighted by atomic mass is 9.98. The smallest absolute Gasteiger partial charge is 0.300 e. The number of nitrogens with zero attached hydrogens (tertiary/aromatic N) is 2. The Bertz CT molecular complexity index is 1320. The first-order valence-corrected chi connectivity index (χ1v) is 13.3. The van der Waals surface area contributed by atoms with Crippen molar-refractivity contribution in [2.75, 3.05) is 29.5 Å². The molecular weight excluding hydrogens is 480 g/mol. The molecule has 0 saturated carbocycles. The second-order valence-corrected chi connectivity index (χ2v) is 10.6. The minimum atomic E-state index is -0.896. The van der Waals surface area contributed by atoms with E-state index in [1.807, 2.05) is 38.1 Å². The summed E-state index contributed by atoms with van der Waals surface area (Å²) in [5, 5.41) is 11.4. The number of anilines is 2. The van der Waals surface area contributed by atoms with Gasteiger partial charge in [0.25, 0.3) is 11.7 Å². The van der Waals surface area contributed by atoms with Crippen LogP contribution in [-0.4, -0.2) is 36.5 Å². The van der Waals surface area contributed by atoms with Crippen molar-refractivity contribution in [1.82, 2.24) is 0 Å². The number of piperidine rings is 1. The molecule has 1 aromatic heterocycles. The summed E-state index contributed by atoms with van der Waals surface area (Å²) in [5.41, 5.74) is 2.04. The molecule has 198 valence electrons. The van der Waals surface area contributed by atoms with Crippen molar-refractivity contribution >= 4 is 28.8 Å². The third-order valence-corrected chi connectivity index (χ3v) is 7.22. The van der Waals surface area contributed by atoms with Crippen LogP contribution in [0.3, 0.4) is 0 Å². The fourth-order valence-electron chi connectivity index (χ4n) is 5.06. The van der Waals surface area contributed by atoms with Gasteiger partial charge in [0.1, 0.15) is 23.3 Å². The molecule has 2 aliphatic rings. The van der Waals surface area contributed by atoms with Gasteiger partial charge >= 0.3 is 0 Å². The molecule has 1 N–H and O–H groups in total. The Hall–Kier alpha value is -4.00. The van der Waals surface area contributed by atoms with E-state index in [0.29, 0.717) is 35.3 Å². The average molecular weight is 515 g/mol. The predicted molar refractivity (Wildman–Crippen MR) is 147 cm³/mol. The number of amides is 1. The van der Waals surface area contributed by atoms with Gasteiger partial charge in [-0.05, 0) is 73.2 Å². The van der Waals surface area contributed by atoms with Gasteiger partial charge in [-0.15, -0.1) is 0 Å².